The predicted octanol–water partition coefficient (Wildman–Crippen LogP) is 1.68. The van der Waals surface area contributed by atoms with Gasteiger partial charge in [0.25, 0.3) is 0 Å². The number of hydrogen-bond acceptors (Lipinski definition) is 4. The van der Waals surface area contributed by atoms with Crippen LogP contribution in [0.25, 0.3) is 0 Å². The van der Waals surface area contributed by atoms with Crippen molar-refractivity contribution in [3.05, 3.63) is 29.3 Å². The maximum atomic E-state index is 10.5. The van der Waals surface area contributed by atoms with Crippen LogP contribution in [0.4, 0.5) is 0 Å². The van der Waals surface area contributed by atoms with Gasteiger partial charge in [-0.25, -0.2) is 4.79 Å². The van der Waals surface area contributed by atoms with Crippen LogP contribution in [0.2, 0.25) is 0 Å². The Kier molecular flexibility index (Phi) is 4.30. The fraction of sp³-hybridized carbons (Fsp3) is 0.533. The monoisotopic (exact) mass is 279 g/mol. The highest BCUT2D eigenvalue weighted by Gasteiger charge is 2.39. The van der Waals surface area contributed by atoms with Crippen molar-refractivity contribution < 1.29 is 19.4 Å². The molecule has 2 rings (SSSR count). The molecule has 1 aliphatic rings. The third-order valence-electron chi connectivity index (χ3n) is 3.53. The number of carbonyl (C=O) groups is 1. The van der Waals surface area contributed by atoms with Crippen molar-refractivity contribution in [2.75, 3.05) is 26.8 Å². The van der Waals surface area contributed by atoms with Gasteiger partial charge in [0.2, 0.25) is 0 Å². The summed E-state index contributed by atoms with van der Waals surface area (Å²) in [5, 5.41) is 8.63. The standard InChI is InChI=1S/C15H21NO4/c1-11-6-12(4-5-13(11)19-3)7-16-9-15(2,10-16)20-8-14(17)18/h4-6H,7-10H2,1-3H3,(H,17,18). The lowest BCUT2D eigenvalue weighted by Crippen LogP contribution is -2.61. The quantitative estimate of drug-likeness (QED) is 0.858. The number of methoxy groups -OCH3 is 1. The molecule has 0 spiro atoms. The van der Waals surface area contributed by atoms with E-state index in [0.29, 0.717) is 0 Å². The zero-order chi connectivity index (χ0) is 14.8. The summed E-state index contributed by atoms with van der Waals surface area (Å²) < 4.78 is 10.6. The molecule has 1 aromatic rings. The van der Waals surface area contributed by atoms with E-state index in [-0.39, 0.29) is 12.2 Å². The van der Waals surface area contributed by atoms with E-state index < -0.39 is 5.97 Å². The zero-order valence-corrected chi connectivity index (χ0v) is 12.2. The smallest absolute Gasteiger partial charge is 0.329 e. The highest BCUT2D eigenvalue weighted by molar-refractivity contribution is 5.68. The molecule has 0 atom stereocenters. The molecule has 0 amide bonds. The second-order valence-electron chi connectivity index (χ2n) is 5.58. The van der Waals surface area contributed by atoms with Crippen LogP contribution < -0.4 is 4.74 Å². The van der Waals surface area contributed by atoms with E-state index in [1.165, 1.54) is 5.56 Å². The molecule has 0 saturated carbocycles. The van der Waals surface area contributed by atoms with Gasteiger partial charge in [0, 0.05) is 19.6 Å². The van der Waals surface area contributed by atoms with E-state index in [1.807, 2.05) is 19.9 Å². The molecule has 0 radical (unpaired) electrons. The molecule has 1 saturated heterocycles. The molecule has 0 unspecified atom stereocenters. The van der Waals surface area contributed by atoms with E-state index in [1.54, 1.807) is 7.11 Å². The first-order valence-electron chi connectivity index (χ1n) is 6.63. The van der Waals surface area contributed by atoms with Crippen LogP contribution in [0.3, 0.4) is 0 Å². The third kappa shape index (κ3) is 3.49. The van der Waals surface area contributed by atoms with Gasteiger partial charge >= 0.3 is 5.97 Å². The summed E-state index contributed by atoms with van der Waals surface area (Å²) in [4.78, 5) is 12.7. The van der Waals surface area contributed by atoms with Crippen LogP contribution >= 0.6 is 0 Å². The van der Waals surface area contributed by atoms with E-state index in [2.05, 4.69) is 17.0 Å². The highest BCUT2D eigenvalue weighted by atomic mass is 16.5. The molecule has 1 fully saturated rings. The van der Waals surface area contributed by atoms with Crippen LogP contribution in [0.1, 0.15) is 18.1 Å². The van der Waals surface area contributed by atoms with Gasteiger partial charge in [-0.2, -0.15) is 0 Å². The Balaban J connectivity index is 1.85. The third-order valence-corrected chi connectivity index (χ3v) is 3.53. The van der Waals surface area contributed by atoms with Gasteiger partial charge < -0.3 is 14.6 Å². The Morgan fingerprint density at radius 3 is 2.70 bits per heavy atom. The predicted molar refractivity (Wildman–Crippen MR) is 75.0 cm³/mol. The van der Waals surface area contributed by atoms with Crippen molar-refractivity contribution in [2.24, 2.45) is 0 Å². The fourth-order valence-electron chi connectivity index (χ4n) is 2.64. The van der Waals surface area contributed by atoms with Crippen molar-refractivity contribution in [3.8, 4) is 5.75 Å². The molecule has 1 aromatic carbocycles. The second-order valence-corrected chi connectivity index (χ2v) is 5.58. The van der Waals surface area contributed by atoms with E-state index >= 15 is 0 Å². The molecule has 1 heterocycles. The summed E-state index contributed by atoms with van der Waals surface area (Å²) in [6, 6.07) is 6.15. The Morgan fingerprint density at radius 2 is 2.15 bits per heavy atom. The maximum Gasteiger partial charge on any atom is 0.329 e. The Labute approximate surface area is 119 Å². The molecular weight excluding hydrogens is 258 g/mol. The molecule has 5 heteroatoms. The first kappa shape index (κ1) is 14.8. The van der Waals surface area contributed by atoms with E-state index in [4.69, 9.17) is 14.6 Å². The highest BCUT2D eigenvalue weighted by Crippen LogP contribution is 2.27. The summed E-state index contributed by atoms with van der Waals surface area (Å²) in [5.74, 6) is -0.0255. The van der Waals surface area contributed by atoms with E-state index in [9.17, 15) is 4.79 Å². The number of carboxylic acids is 1. The molecule has 1 aliphatic heterocycles. The normalized spacial score (nSPS) is 17.6. The second kappa shape index (κ2) is 5.81. The maximum absolute atomic E-state index is 10.5. The first-order valence-corrected chi connectivity index (χ1v) is 6.63. The first-order chi connectivity index (χ1) is 9.42. The Bertz CT molecular complexity index is 495. The number of aryl methyl sites for hydroxylation is 1. The SMILES string of the molecule is COc1ccc(CN2CC(C)(OCC(=O)O)C2)cc1C. The van der Waals surface area contributed by atoms with E-state index in [0.717, 1.165) is 30.9 Å². The van der Waals surface area contributed by atoms with Gasteiger partial charge in [-0.1, -0.05) is 12.1 Å². The largest absolute Gasteiger partial charge is 0.496 e. The molecule has 0 aliphatic carbocycles. The summed E-state index contributed by atoms with van der Waals surface area (Å²) >= 11 is 0. The molecule has 1 N–H and O–H groups in total. The molecular formula is C15H21NO4. The minimum atomic E-state index is -0.921. The van der Waals surface area contributed by atoms with Gasteiger partial charge in [-0.05, 0) is 31.0 Å². The van der Waals surface area contributed by atoms with Gasteiger partial charge in [-0.15, -0.1) is 0 Å². The van der Waals surface area contributed by atoms with Crippen LogP contribution in [0.5, 0.6) is 5.75 Å². The van der Waals surface area contributed by atoms with Crippen LogP contribution in [0.15, 0.2) is 18.2 Å². The summed E-state index contributed by atoms with van der Waals surface area (Å²) in [7, 11) is 1.67. The van der Waals surface area contributed by atoms with Crippen molar-refractivity contribution in [1.29, 1.82) is 0 Å². The number of likely N-dealkylation sites (tertiary alicyclic amines) is 1. The lowest BCUT2D eigenvalue weighted by Gasteiger charge is -2.47. The van der Waals surface area contributed by atoms with Gasteiger partial charge in [0.1, 0.15) is 12.4 Å². The minimum absolute atomic E-state index is 0.230. The number of ether oxygens (including phenoxy) is 2. The minimum Gasteiger partial charge on any atom is -0.496 e. The molecule has 20 heavy (non-hydrogen) atoms. The summed E-state index contributed by atoms with van der Waals surface area (Å²) in [5.41, 5.74) is 2.01. The topological polar surface area (TPSA) is 59.0 Å². The molecule has 5 nitrogen and oxygen atoms in total. The summed E-state index contributed by atoms with van der Waals surface area (Å²) in [6.45, 7) is 6.10. The van der Waals surface area contributed by atoms with Crippen LogP contribution in [-0.2, 0) is 16.1 Å². The number of hydrogen-bond donors (Lipinski definition) is 1. The Hall–Kier alpha value is -1.59. The molecule has 0 bridgehead atoms. The van der Waals surface area contributed by atoms with Crippen LogP contribution in [-0.4, -0.2) is 48.4 Å². The zero-order valence-electron chi connectivity index (χ0n) is 12.2. The van der Waals surface area contributed by atoms with Gasteiger partial charge in [0.15, 0.2) is 0 Å². The molecule has 110 valence electrons. The number of nitrogens with zero attached hydrogens (tertiary/aromatic N) is 1. The van der Waals surface area contributed by atoms with Crippen molar-refractivity contribution in [1.82, 2.24) is 4.90 Å². The number of carboxylic acid groups (broad SMARTS) is 1. The van der Waals surface area contributed by atoms with Crippen molar-refractivity contribution in [2.45, 2.75) is 26.0 Å². The fourth-order valence-corrected chi connectivity index (χ4v) is 2.64. The number of rotatable bonds is 6. The molecule has 0 aromatic heterocycles. The average Bonchev–Trinajstić information content (AvgIpc) is 2.35. The Morgan fingerprint density at radius 1 is 1.45 bits per heavy atom. The van der Waals surface area contributed by atoms with Gasteiger partial charge in [-0.3, -0.25) is 4.90 Å². The van der Waals surface area contributed by atoms with Gasteiger partial charge in [0.05, 0.1) is 12.7 Å². The lowest BCUT2D eigenvalue weighted by molar-refractivity contribution is -0.165. The van der Waals surface area contributed by atoms with Crippen LogP contribution in [0, 0.1) is 6.92 Å². The number of benzene rings is 1. The number of aliphatic carboxylic acids is 1. The average molecular weight is 279 g/mol. The summed E-state index contributed by atoms with van der Waals surface area (Å²) in [6.07, 6.45) is 0. The van der Waals surface area contributed by atoms with Crippen molar-refractivity contribution in [3.63, 3.8) is 0 Å². The van der Waals surface area contributed by atoms with Crippen molar-refractivity contribution >= 4 is 5.97 Å². The lowest BCUT2D eigenvalue weighted by atomic mass is 9.95.